The first-order valence-electron chi connectivity index (χ1n) is 9.45. The summed E-state index contributed by atoms with van der Waals surface area (Å²) in [6.07, 6.45) is 3.17. The molecule has 28 heavy (non-hydrogen) atoms. The normalized spacial score (nSPS) is 10.8. The fourth-order valence-corrected chi connectivity index (χ4v) is 2.93. The molecule has 1 N–H and O–H groups in total. The number of nitrogens with zero attached hydrogens (tertiary/aromatic N) is 3. The molecule has 0 bridgehead atoms. The minimum absolute atomic E-state index is 0.0699. The van der Waals surface area contributed by atoms with Crippen LogP contribution in [0, 0.1) is 13.8 Å². The molecular weight excluding hydrogens is 348 g/mol. The maximum absolute atomic E-state index is 13.0. The topological polar surface area (TPSA) is 58.1 Å². The Morgan fingerprint density at radius 1 is 1.04 bits per heavy atom. The van der Waals surface area contributed by atoms with Crippen molar-refractivity contribution in [2.75, 3.05) is 5.32 Å². The molecule has 3 rings (SSSR count). The van der Waals surface area contributed by atoms with E-state index in [1.54, 1.807) is 12.4 Å². The largest absolute Gasteiger partial charge is 0.332 e. The number of nitrogens with one attached hydrogen (secondary N) is 1. The zero-order chi connectivity index (χ0) is 20.1. The van der Waals surface area contributed by atoms with Crippen LogP contribution in [0.15, 0.2) is 60.9 Å². The Hall–Kier alpha value is -3.21. The van der Waals surface area contributed by atoms with Gasteiger partial charge in [0, 0.05) is 30.7 Å². The van der Waals surface area contributed by atoms with E-state index in [0.717, 1.165) is 22.4 Å². The van der Waals surface area contributed by atoms with E-state index in [0.29, 0.717) is 18.1 Å². The van der Waals surface area contributed by atoms with E-state index in [9.17, 15) is 4.79 Å². The summed E-state index contributed by atoms with van der Waals surface area (Å²) in [5, 5.41) is 3.22. The maximum Gasteiger partial charge on any atom is 0.257 e. The van der Waals surface area contributed by atoms with Gasteiger partial charge in [-0.2, -0.15) is 0 Å². The number of amides is 1. The summed E-state index contributed by atoms with van der Waals surface area (Å²) in [6, 6.07) is 16.2. The molecule has 1 aromatic heterocycles. The van der Waals surface area contributed by atoms with Crippen LogP contribution in [0.3, 0.4) is 0 Å². The Labute approximate surface area is 166 Å². The van der Waals surface area contributed by atoms with Gasteiger partial charge in [0.1, 0.15) is 0 Å². The fraction of sp³-hybridized carbons (Fsp3) is 0.261. The second-order valence-electron chi connectivity index (χ2n) is 7.25. The Balaban J connectivity index is 1.75. The van der Waals surface area contributed by atoms with Gasteiger partial charge < -0.3 is 10.2 Å². The van der Waals surface area contributed by atoms with Gasteiger partial charge in [-0.1, -0.05) is 42.5 Å². The average molecular weight is 374 g/mol. The Morgan fingerprint density at radius 2 is 1.71 bits per heavy atom. The second-order valence-corrected chi connectivity index (χ2v) is 7.25. The van der Waals surface area contributed by atoms with Crippen molar-refractivity contribution in [2.45, 2.75) is 40.3 Å². The number of aryl methyl sites for hydroxylation is 2. The van der Waals surface area contributed by atoms with Gasteiger partial charge in [-0.25, -0.2) is 9.97 Å². The van der Waals surface area contributed by atoms with Crippen molar-refractivity contribution in [3.05, 3.63) is 83.2 Å². The number of rotatable bonds is 6. The van der Waals surface area contributed by atoms with Crippen molar-refractivity contribution in [3.63, 3.8) is 0 Å². The zero-order valence-corrected chi connectivity index (χ0v) is 16.8. The first-order valence-corrected chi connectivity index (χ1v) is 9.45. The van der Waals surface area contributed by atoms with Crippen molar-refractivity contribution in [3.8, 4) is 0 Å². The third-order valence-electron chi connectivity index (χ3n) is 4.62. The smallest absolute Gasteiger partial charge is 0.257 e. The molecule has 0 aliphatic rings. The van der Waals surface area contributed by atoms with Gasteiger partial charge >= 0.3 is 0 Å². The molecule has 5 heteroatoms. The van der Waals surface area contributed by atoms with Gasteiger partial charge in [0.05, 0.1) is 5.56 Å². The highest BCUT2D eigenvalue weighted by Crippen LogP contribution is 2.20. The third-order valence-corrected chi connectivity index (χ3v) is 4.62. The van der Waals surface area contributed by atoms with E-state index in [1.165, 1.54) is 0 Å². The lowest BCUT2D eigenvalue weighted by Gasteiger charge is -2.26. The lowest BCUT2D eigenvalue weighted by Crippen LogP contribution is -2.36. The molecule has 1 heterocycles. The maximum atomic E-state index is 13.0. The van der Waals surface area contributed by atoms with Crippen LogP contribution >= 0.6 is 0 Å². The molecule has 2 aromatic carbocycles. The zero-order valence-electron chi connectivity index (χ0n) is 16.8. The van der Waals surface area contributed by atoms with Crippen molar-refractivity contribution in [1.29, 1.82) is 0 Å². The van der Waals surface area contributed by atoms with E-state index in [1.807, 2.05) is 62.9 Å². The van der Waals surface area contributed by atoms with Gasteiger partial charge in [0.25, 0.3) is 5.91 Å². The Bertz CT molecular complexity index is 937. The summed E-state index contributed by atoms with van der Waals surface area (Å²) in [4.78, 5) is 23.5. The van der Waals surface area contributed by atoms with Crippen LogP contribution in [0.25, 0.3) is 0 Å². The molecule has 0 radical (unpaired) electrons. The van der Waals surface area contributed by atoms with Gasteiger partial charge in [0.15, 0.2) is 0 Å². The number of carbonyl (C=O) groups excluding carboxylic acids is 1. The highest BCUT2D eigenvalue weighted by Gasteiger charge is 2.20. The van der Waals surface area contributed by atoms with E-state index in [2.05, 4.69) is 33.5 Å². The highest BCUT2D eigenvalue weighted by atomic mass is 16.2. The number of aromatic nitrogens is 2. The summed E-state index contributed by atoms with van der Waals surface area (Å²) in [5.41, 5.74) is 4.82. The third kappa shape index (κ3) is 4.74. The molecule has 0 atom stereocenters. The standard InChI is InChI=1S/C23H26N4O/c1-16(2)27(15-19-8-6-5-7-9-19)22(28)20-13-24-23(25-14-20)26-21-12-17(3)10-11-18(21)4/h5-14,16H,15H2,1-4H3,(H,24,25,26). The number of hydrogen-bond acceptors (Lipinski definition) is 4. The number of hydrogen-bond donors (Lipinski definition) is 1. The predicted molar refractivity (Wildman–Crippen MR) is 113 cm³/mol. The predicted octanol–water partition coefficient (Wildman–Crippen LogP) is 4.89. The fourth-order valence-electron chi connectivity index (χ4n) is 2.93. The molecular formula is C23H26N4O. The molecule has 3 aromatic rings. The van der Waals surface area contributed by atoms with E-state index < -0.39 is 0 Å². The summed E-state index contributed by atoms with van der Waals surface area (Å²) in [6.45, 7) is 8.65. The van der Waals surface area contributed by atoms with Crippen molar-refractivity contribution in [2.24, 2.45) is 0 Å². The summed E-state index contributed by atoms with van der Waals surface area (Å²) < 4.78 is 0. The molecule has 0 spiro atoms. The number of carbonyl (C=O) groups is 1. The van der Waals surface area contributed by atoms with Crippen molar-refractivity contribution < 1.29 is 4.79 Å². The van der Waals surface area contributed by atoms with Gasteiger partial charge in [-0.15, -0.1) is 0 Å². The highest BCUT2D eigenvalue weighted by molar-refractivity contribution is 5.93. The monoisotopic (exact) mass is 374 g/mol. The quantitative estimate of drug-likeness (QED) is 0.667. The summed E-state index contributed by atoms with van der Waals surface area (Å²) in [5.74, 6) is 0.404. The summed E-state index contributed by atoms with van der Waals surface area (Å²) in [7, 11) is 0. The van der Waals surface area contributed by atoms with Crippen LogP contribution in [0.2, 0.25) is 0 Å². The number of anilines is 2. The second kappa shape index (κ2) is 8.65. The first-order chi connectivity index (χ1) is 13.4. The molecule has 0 aliphatic heterocycles. The molecule has 0 saturated heterocycles. The van der Waals surface area contributed by atoms with Gasteiger partial charge in [-0.3, -0.25) is 4.79 Å². The Morgan fingerprint density at radius 3 is 2.36 bits per heavy atom. The minimum Gasteiger partial charge on any atom is -0.332 e. The molecule has 5 nitrogen and oxygen atoms in total. The van der Waals surface area contributed by atoms with Crippen molar-refractivity contribution >= 4 is 17.5 Å². The molecule has 0 aliphatic carbocycles. The first kappa shape index (κ1) is 19.5. The van der Waals surface area contributed by atoms with Crippen LogP contribution in [0.1, 0.15) is 40.9 Å². The molecule has 0 saturated carbocycles. The molecule has 1 amide bonds. The lowest BCUT2D eigenvalue weighted by molar-refractivity contribution is 0.0689. The lowest BCUT2D eigenvalue weighted by atomic mass is 10.1. The molecule has 144 valence electrons. The van der Waals surface area contributed by atoms with Crippen LogP contribution < -0.4 is 5.32 Å². The van der Waals surface area contributed by atoms with Crippen LogP contribution in [-0.2, 0) is 6.54 Å². The van der Waals surface area contributed by atoms with Gasteiger partial charge in [0.2, 0.25) is 5.95 Å². The molecule has 0 unspecified atom stereocenters. The van der Waals surface area contributed by atoms with Crippen LogP contribution in [0.4, 0.5) is 11.6 Å². The van der Waals surface area contributed by atoms with E-state index >= 15 is 0 Å². The van der Waals surface area contributed by atoms with Gasteiger partial charge in [-0.05, 0) is 50.5 Å². The molecule has 0 fully saturated rings. The Kier molecular flexibility index (Phi) is 6.04. The van der Waals surface area contributed by atoms with Crippen molar-refractivity contribution in [1.82, 2.24) is 14.9 Å². The summed E-state index contributed by atoms with van der Waals surface area (Å²) >= 11 is 0. The van der Waals surface area contributed by atoms with E-state index in [-0.39, 0.29) is 11.9 Å². The minimum atomic E-state index is -0.0721. The SMILES string of the molecule is Cc1ccc(C)c(Nc2ncc(C(=O)N(Cc3ccccc3)C(C)C)cn2)c1. The average Bonchev–Trinajstić information content (AvgIpc) is 2.69. The van der Waals surface area contributed by atoms with Crippen LogP contribution in [-0.4, -0.2) is 26.8 Å². The van der Waals surface area contributed by atoms with E-state index in [4.69, 9.17) is 0 Å². The number of benzene rings is 2. The van der Waals surface area contributed by atoms with Crippen LogP contribution in [0.5, 0.6) is 0 Å².